The summed E-state index contributed by atoms with van der Waals surface area (Å²) in [6.45, 7) is 2.25. The summed E-state index contributed by atoms with van der Waals surface area (Å²) in [5.74, 6) is 1.47. The molecule has 1 saturated carbocycles. The fourth-order valence-corrected chi connectivity index (χ4v) is 4.91. The van der Waals surface area contributed by atoms with Crippen molar-refractivity contribution >= 4 is 5.97 Å². The Morgan fingerprint density at radius 3 is 2.33 bits per heavy atom. The van der Waals surface area contributed by atoms with E-state index in [-0.39, 0.29) is 5.97 Å². The van der Waals surface area contributed by atoms with Crippen LogP contribution >= 0.6 is 0 Å². The molecule has 3 rings (SSSR count). The number of esters is 1. The number of ether oxygens (including phenoxy) is 1. The quantitative estimate of drug-likeness (QED) is 0.155. The lowest BCUT2D eigenvalue weighted by molar-refractivity contribution is -0.134. The van der Waals surface area contributed by atoms with Gasteiger partial charge in [0, 0.05) is 18.2 Å². The van der Waals surface area contributed by atoms with E-state index < -0.39 is 0 Å². The van der Waals surface area contributed by atoms with Gasteiger partial charge < -0.3 is 4.74 Å². The zero-order chi connectivity index (χ0) is 23.1. The van der Waals surface area contributed by atoms with E-state index in [1.54, 1.807) is 0 Å². The molecule has 0 bridgehead atoms. The molecule has 1 aliphatic rings. The molecule has 0 atom stereocenters. The minimum Gasteiger partial charge on any atom is -0.427 e. The fourth-order valence-electron chi connectivity index (χ4n) is 4.91. The zero-order valence-electron chi connectivity index (χ0n) is 20.7. The van der Waals surface area contributed by atoms with Crippen molar-refractivity contribution < 1.29 is 9.53 Å². The van der Waals surface area contributed by atoms with Gasteiger partial charge in [-0.3, -0.25) is 9.78 Å². The molecule has 1 fully saturated rings. The van der Waals surface area contributed by atoms with Crippen LogP contribution in [0.3, 0.4) is 0 Å². The van der Waals surface area contributed by atoms with Crippen LogP contribution in [-0.4, -0.2) is 11.0 Å². The van der Waals surface area contributed by atoms with E-state index in [1.165, 1.54) is 82.6 Å². The smallest absolute Gasteiger partial charge is 0.311 e. The first-order valence-electron chi connectivity index (χ1n) is 13.5. The number of aryl methyl sites for hydroxylation is 1. The minimum atomic E-state index is -0.125. The van der Waals surface area contributed by atoms with Crippen LogP contribution in [0.5, 0.6) is 5.75 Å². The van der Waals surface area contributed by atoms with Gasteiger partial charge in [-0.25, -0.2) is 0 Å². The first-order valence-corrected chi connectivity index (χ1v) is 13.5. The summed E-state index contributed by atoms with van der Waals surface area (Å²) in [5, 5.41) is 0. The van der Waals surface area contributed by atoms with E-state index in [1.807, 2.05) is 30.5 Å². The van der Waals surface area contributed by atoms with Gasteiger partial charge in [0.25, 0.3) is 0 Å². The third-order valence-electron chi connectivity index (χ3n) is 6.99. The molecule has 3 heteroatoms. The Hall–Kier alpha value is -2.16. The van der Waals surface area contributed by atoms with Gasteiger partial charge in [0.05, 0.1) is 5.69 Å². The fraction of sp³-hybridized carbons (Fsp3) is 0.600. The van der Waals surface area contributed by atoms with Gasteiger partial charge in [-0.15, -0.1) is 0 Å². The van der Waals surface area contributed by atoms with Gasteiger partial charge >= 0.3 is 5.97 Å². The molecule has 0 N–H and O–H groups in total. The average molecular weight is 450 g/mol. The highest BCUT2D eigenvalue weighted by Gasteiger charge is 2.14. The Balaban J connectivity index is 1.32. The van der Waals surface area contributed by atoms with Crippen LogP contribution in [0.2, 0.25) is 0 Å². The van der Waals surface area contributed by atoms with E-state index in [2.05, 4.69) is 24.0 Å². The molecule has 1 aliphatic carbocycles. The Morgan fingerprint density at radius 2 is 1.61 bits per heavy atom. The lowest BCUT2D eigenvalue weighted by atomic mass is 9.99. The first-order chi connectivity index (χ1) is 16.2. The Kier molecular flexibility index (Phi) is 11.5. The van der Waals surface area contributed by atoms with Crippen molar-refractivity contribution in [2.24, 2.45) is 5.92 Å². The Morgan fingerprint density at radius 1 is 0.879 bits per heavy atom. The van der Waals surface area contributed by atoms with Gasteiger partial charge in [-0.05, 0) is 61.1 Å². The molecule has 1 aromatic heterocycles. The summed E-state index contributed by atoms with van der Waals surface area (Å²) in [6, 6.07) is 12.0. The zero-order valence-corrected chi connectivity index (χ0v) is 20.7. The van der Waals surface area contributed by atoms with Gasteiger partial charge in [0.2, 0.25) is 0 Å². The van der Waals surface area contributed by atoms with Crippen LogP contribution in [0.25, 0.3) is 11.3 Å². The van der Waals surface area contributed by atoms with Crippen LogP contribution in [0.4, 0.5) is 0 Å². The monoisotopic (exact) mass is 449 g/mol. The Labute approximate surface area is 201 Å². The van der Waals surface area contributed by atoms with E-state index in [4.69, 9.17) is 4.74 Å². The van der Waals surface area contributed by atoms with E-state index >= 15 is 0 Å². The van der Waals surface area contributed by atoms with Crippen LogP contribution in [0.1, 0.15) is 109 Å². The lowest BCUT2D eigenvalue weighted by Crippen LogP contribution is -2.07. The maximum Gasteiger partial charge on any atom is 0.311 e. The Bertz CT molecular complexity index is 791. The summed E-state index contributed by atoms with van der Waals surface area (Å²) < 4.78 is 5.53. The van der Waals surface area contributed by atoms with Crippen LogP contribution < -0.4 is 4.74 Å². The van der Waals surface area contributed by atoms with Crippen LogP contribution in [0, 0.1) is 5.92 Å². The molecule has 180 valence electrons. The van der Waals surface area contributed by atoms with Crippen molar-refractivity contribution in [1.29, 1.82) is 0 Å². The summed E-state index contributed by atoms with van der Waals surface area (Å²) in [5.41, 5.74) is 3.31. The average Bonchev–Trinajstić information content (AvgIpc) is 3.36. The van der Waals surface area contributed by atoms with E-state index in [0.29, 0.717) is 12.2 Å². The molecule has 0 amide bonds. The van der Waals surface area contributed by atoms with Crippen molar-refractivity contribution in [2.45, 2.75) is 110 Å². The summed E-state index contributed by atoms with van der Waals surface area (Å²) in [6.07, 6.45) is 21.8. The summed E-state index contributed by atoms with van der Waals surface area (Å²) in [7, 11) is 0. The van der Waals surface area contributed by atoms with Crippen molar-refractivity contribution in [1.82, 2.24) is 4.98 Å². The molecule has 0 saturated heterocycles. The predicted octanol–water partition coefficient (Wildman–Crippen LogP) is 8.70. The second-order valence-corrected chi connectivity index (χ2v) is 9.82. The highest BCUT2D eigenvalue weighted by Crippen LogP contribution is 2.29. The van der Waals surface area contributed by atoms with Crippen LogP contribution in [-0.2, 0) is 11.2 Å². The standard InChI is InChI=1S/C30H43NO2/c1-2-3-4-5-9-16-26-18-23-29(31-24-26)27-19-21-28(22-20-27)33-30(32)17-10-7-6-8-13-25-14-11-12-15-25/h18-25H,2-17H2,1H3. The predicted molar refractivity (Wildman–Crippen MR) is 137 cm³/mol. The van der Waals surface area contributed by atoms with Gasteiger partial charge in [0.15, 0.2) is 0 Å². The molecular weight excluding hydrogens is 406 g/mol. The number of hydrogen-bond donors (Lipinski definition) is 0. The van der Waals surface area contributed by atoms with E-state index in [0.717, 1.165) is 36.4 Å². The number of nitrogens with zero attached hydrogens (tertiary/aromatic N) is 1. The molecular formula is C30H43NO2. The van der Waals surface area contributed by atoms with Gasteiger partial charge in [-0.1, -0.05) is 90.0 Å². The maximum atomic E-state index is 12.2. The number of carbonyl (C=O) groups is 1. The first kappa shape index (κ1) is 25.5. The number of unbranched alkanes of at least 4 members (excludes halogenated alkanes) is 7. The van der Waals surface area contributed by atoms with Crippen molar-refractivity contribution in [2.75, 3.05) is 0 Å². The second kappa shape index (κ2) is 14.9. The van der Waals surface area contributed by atoms with Crippen molar-refractivity contribution in [3.63, 3.8) is 0 Å². The number of aromatic nitrogens is 1. The van der Waals surface area contributed by atoms with Crippen LogP contribution in [0.15, 0.2) is 42.6 Å². The summed E-state index contributed by atoms with van der Waals surface area (Å²) >= 11 is 0. The van der Waals surface area contributed by atoms with Gasteiger partial charge in [0.1, 0.15) is 5.75 Å². The highest BCUT2D eigenvalue weighted by atomic mass is 16.5. The molecule has 2 aromatic rings. The number of hydrogen-bond acceptors (Lipinski definition) is 3. The molecule has 0 spiro atoms. The molecule has 0 radical (unpaired) electrons. The molecule has 1 aromatic carbocycles. The SMILES string of the molecule is CCCCCCCc1ccc(-c2ccc(OC(=O)CCCCCCC3CCCC3)cc2)nc1. The number of pyridine rings is 1. The molecule has 0 aliphatic heterocycles. The third-order valence-corrected chi connectivity index (χ3v) is 6.99. The summed E-state index contributed by atoms with van der Waals surface area (Å²) in [4.78, 5) is 16.8. The number of carbonyl (C=O) groups excluding carboxylic acids is 1. The second-order valence-electron chi connectivity index (χ2n) is 9.82. The van der Waals surface area contributed by atoms with Crippen molar-refractivity contribution in [3.05, 3.63) is 48.2 Å². The number of benzene rings is 1. The molecule has 0 unspecified atom stereocenters. The third kappa shape index (κ3) is 9.70. The maximum absolute atomic E-state index is 12.2. The number of rotatable bonds is 15. The van der Waals surface area contributed by atoms with E-state index in [9.17, 15) is 4.79 Å². The topological polar surface area (TPSA) is 39.2 Å². The van der Waals surface area contributed by atoms with Gasteiger partial charge in [-0.2, -0.15) is 0 Å². The van der Waals surface area contributed by atoms with Crippen molar-refractivity contribution in [3.8, 4) is 17.0 Å². The molecule has 33 heavy (non-hydrogen) atoms. The molecule has 3 nitrogen and oxygen atoms in total. The lowest BCUT2D eigenvalue weighted by Gasteiger charge is -2.08. The normalized spacial score (nSPS) is 14.0. The minimum absolute atomic E-state index is 0.125. The highest BCUT2D eigenvalue weighted by molar-refractivity contribution is 5.72. The largest absolute Gasteiger partial charge is 0.427 e. The molecule has 1 heterocycles.